The molecule has 0 radical (unpaired) electrons. The summed E-state index contributed by atoms with van der Waals surface area (Å²) >= 11 is -0.883. The van der Waals surface area contributed by atoms with E-state index >= 15 is 0 Å². The highest BCUT2D eigenvalue weighted by molar-refractivity contribution is 7.94. The minimum atomic E-state index is -0.883. The number of rotatable bonds is 0. The van der Waals surface area contributed by atoms with Crippen LogP contribution in [0.2, 0.25) is 0 Å². The maximum atomic E-state index is 10.3. The van der Waals surface area contributed by atoms with Crippen molar-refractivity contribution in [1.82, 2.24) is 0 Å². The molecule has 2 atom stereocenters. The second-order valence-corrected chi connectivity index (χ2v) is 2.81. The molecule has 0 spiro atoms. The molecule has 1 heterocycles. The van der Waals surface area contributed by atoms with E-state index in [-0.39, 0.29) is 0 Å². The van der Waals surface area contributed by atoms with E-state index in [9.17, 15) is 4.55 Å². The van der Waals surface area contributed by atoms with Crippen molar-refractivity contribution >= 4 is 11.2 Å². The van der Waals surface area contributed by atoms with Gasteiger partial charge in [-0.25, -0.2) is 0 Å². The van der Waals surface area contributed by atoms with Crippen LogP contribution < -0.4 is 0 Å². The molecule has 0 saturated carbocycles. The molecule has 0 aromatic rings. The molecule has 2 nitrogen and oxygen atoms in total. The van der Waals surface area contributed by atoms with Gasteiger partial charge in [-0.05, 0) is 17.3 Å². The smallest absolute Gasteiger partial charge is 0.140 e. The van der Waals surface area contributed by atoms with Gasteiger partial charge in [0.25, 0.3) is 0 Å². The molecule has 2 unspecified atom stereocenters. The Morgan fingerprint density at radius 1 is 1.86 bits per heavy atom. The molecule has 1 N–H and O–H groups in total. The predicted octanol–water partition coefficient (Wildman–Crippen LogP) is -0.377. The molecular weight excluding hydrogens is 112 g/mol. The highest BCUT2D eigenvalue weighted by Crippen LogP contribution is 2.06. The molecule has 7 heavy (non-hydrogen) atoms. The molecule has 40 valence electrons. The van der Waals surface area contributed by atoms with Crippen LogP contribution >= 0.6 is 0 Å². The van der Waals surface area contributed by atoms with Gasteiger partial charge in [-0.3, -0.25) is 0 Å². The van der Waals surface area contributed by atoms with Crippen LogP contribution in [-0.4, -0.2) is 21.5 Å². The average molecular weight is 118 g/mol. The molecule has 0 aromatic heterocycles. The maximum Gasteiger partial charge on any atom is 0.140 e. The van der Waals surface area contributed by atoms with Gasteiger partial charge in [-0.15, -0.1) is 0 Å². The number of hydrogen-bond acceptors (Lipinski definition) is 2. The van der Waals surface area contributed by atoms with Crippen molar-refractivity contribution in [1.29, 1.82) is 0 Å². The third kappa shape index (κ3) is 1.19. The van der Waals surface area contributed by atoms with Crippen molar-refractivity contribution < 1.29 is 9.66 Å². The molecule has 1 aliphatic rings. The van der Waals surface area contributed by atoms with Gasteiger partial charge < -0.3 is 9.66 Å². The van der Waals surface area contributed by atoms with Crippen molar-refractivity contribution in [3.05, 3.63) is 11.5 Å². The summed E-state index contributed by atoms with van der Waals surface area (Å²) in [6, 6.07) is 0. The van der Waals surface area contributed by atoms with Crippen molar-refractivity contribution in [2.24, 2.45) is 0 Å². The van der Waals surface area contributed by atoms with Crippen LogP contribution in [0.5, 0.6) is 0 Å². The Bertz CT molecular complexity index is 81.7. The fourth-order valence-electron chi connectivity index (χ4n) is 0.458. The van der Waals surface area contributed by atoms with Gasteiger partial charge in [-0.1, -0.05) is 0 Å². The molecule has 1 rings (SSSR count). The molecule has 0 aliphatic carbocycles. The summed E-state index contributed by atoms with van der Waals surface area (Å²) in [6.45, 7) is 0. The third-order valence-corrected chi connectivity index (χ3v) is 1.92. The number of aliphatic hydroxyl groups excluding tert-OH is 1. The van der Waals surface area contributed by atoms with E-state index in [2.05, 4.69) is 0 Å². The molecule has 0 fully saturated rings. The van der Waals surface area contributed by atoms with Gasteiger partial charge in [0.05, 0.1) is 0 Å². The predicted molar refractivity (Wildman–Crippen MR) is 28.2 cm³/mol. The fourth-order valence-corrected chi connectivity index (χ4v) is 1.37. The van der Waals surface area contributed by atoms with Crippen LogP contribution in [0.15, 0.2) is 11.5 Å². The quantitative estimate of drug-likeness (QED) is 0.441. The SMILES string of the molecule is [O-][S+]1C=CC(O)C1. The monoisotopic (exact) mass is 118 g/mol. The summed E-state index contributed by atoms with van der Waals surface area (Å²) in [5.41, 5.74) is 0. The van der Waals surface area contributed by atoms with Gasteiger partial charge >= 0.3 is 0 Å². The maximum absolute atomic E-state index is 10.3. The standard InChI is InChI=1S/C4H6O2S/c5-4-1-2-7(6)3-4/h1-2,4-5H,3H2. The van der Waals surface area contributed by atoms with Gasteiger partial charge in [0.15, 0.2) is 0 Å². The fraction of sp³-hybridized carbons (Fsp3) is 0.500. The highest BCUT2D eigenvalue weighted by Gasteiger charge is 2.15. The second-order valence-electron chi connectivity index (χ2n) is 1.44. The summed E-state index contributed by atoms with van der Waals surface area (Å²) in [4.78, 5) is 0. The largest absolute Gasteiger partial charge is 0.612 e. The van der Waals surface area contributed by atoms with E-state index in [1.807, 2.05) is 0 Å². The van der Waals surface area contributed by atoms with Crippen molar-refractivity contribution in [2.45, 2.75) is 6.10 Å². The molecule has 0 bridgehead atoms. The van der Waals surface area contributed by atoms with Gasteiger partial charge in [0.1, 0.15) is 17.3 Å². The Morgan fingerprint density at radius 2 is 2.57 bits per heavy atom. The minimum absolute atomic E-state index is 0.389. The molecular formula is C4H6O2S. The lowest BCUT2D eigenvalue weighted by Crippen LogP contribution is -2.08. The van der Waals surface area contributed by atoms with Gasteiger partial charge in [-0.2, -0.15) is 0 Å². The van der Waals surface area contributed by atoms with Crippen LogP contribution in [0.3, 0.4) is 0 Å². The summed E-state index contributed by atoms with van der Waals surface area (Å²) in [5, 5.41) is 10.1. The topological polar surface area (TPSA) is 43.3 Å². The molecule has 0 aromatic carbocycles. The van der Waals surface area contributed by atoms with Gasteiger partial charge in [0, 0.05) is 0 Å². The lowest BCUT2D eigenvalue weighted by atomic mass is 10.4. The minimum Gasteiger partial charge on any atom is -0.612 e. The normalized spacial score (nSPS) is 39.7. The molecule has 0 saturated heterocycles. The van der Waals surface area contributed by atoms with Crippen molar-refractivity contribution in [2.75, 3.05) is 5.75 Å². The Morgan fingerprint density at radius 3 is 2.71 bits per heavy atom. The summed E-state index contributed by atoms with van der Waals surface area (Å²) in [7, 11) is 0. The van der Waals surface area contributed by atoms with E-state index in [1.54, 1.807) is 6.08 Å². The third-order valence-electron chi connectivity index (χ3n) is 0.788. The number of aliphatic hydroxyl groups is 1. The summed E-state index contributed by atoms with van der Waals surface area (Å²) in [6.07, 6.45) is 1.09. The summed E-state index contributed by atoms with van der Waals surface area (Å²) < 4.78 is 10.3. The average Bonchev–Trinajstić information content (AvgIpc) is 1.87. The first-order chi connectivity index (χ1) is 3.29. The zero-order valence-electron chi connectivity index (χ0n) is 3.70. The van der Waals surface area contributed by atoms with E-state index in [0.29, 0.717) is 5.75 Å². The van der Waals surface area contributed by atoms with Gasteiger partial charge in [0.2, 0.25) is 0 Å². The van der Waals surface area contributed by atoms with Crippen LogP contribution in [-0.2, 0) is 11.2 Å². The van der Waals surface area contributed by atoms with E-state index in [1.165, 1.54) is 5.41 Å². The molecule has 0 amide bonds. The Balaban J connectivity index is 2.42. The first-order valence-corrected chi connectivity index (χ1v) is 3.41. The molecule has 1 aliphatic heterocycles. The first kappa shape index (κ1) is 5.15. The lowest BCUT2D eigenvalue weighted by molar-refractivity contribution is 0.249. The van der Waals surface area contributed by atoms with E-state index in [0.717, 1.165) is 0 Å². The zero-order valence-corrected chi connectivity index (χ0v) is 4.52. The van der Waals surface area contributed by atoms with Crippen molar-refractivity contribution in [3.63, 3.8) is 0 Å². The second kappa shape index (κ2) is 1.86. The molecule has 3 heteroatoms. The lowest BCUT2D eigenvalue weighted by Gasteiger charge is -1.97. The Hall–Kier alpha value is 0.01000. The van der Waals surface area contributed by atoms with E-state index < -0.39 is 17.3 Å². The highest BCUT2D eigenvalue weighted by atomic mass is 32.2. The zero-order chi connectivity index (χ0) is 5.28. The Kier molecular flexibility index (Phi) is 1.37. The summed E-state index contributed by atoms with van der Waals surface area (Å²) in [5.74, 6) is 0.389. The van der Waals surface area contributed by atoms with E-state index in [4.69, 9.17) is 5.11 Å². The van der Waals surface area contributed by atoms with Crippen LogP contribution in [0, 0.1) is 0 Å². The van der Waals surface area contributed by atoms with Crippen molar-refractivity contribution in [3.8, 4) is 0 Å². The van der Waals surface area contributed by atoms with Crippen LogP contribution in [0.1, 0.15) is 0 Å². The van der Waals surface area contributed by atoms with Crippen LogP contribution in [0.25, 0.3) is 0 Å². The number of hydrogen-bond donors (Lipinski definition) is 1. The Labute approximate surface area is 45.0 Å². The first-order valence-electron chi connectivity index (χ1n) is 2.02. The van der Waals surface area contributed by atoms with Crippen LogP contribution in [0.4, 0.5) is 0 Å².